The number of nitrogens with one attached hydrogen (secondary N) is 2. The molecule has 0 saturated heterocycles. The second-order valence-corrected chi connectivity index (χ2v) is 8.55. The summed E-state index contributed by atoms with van der Waals surface area (Å²) in [6.07, 6.45) is 0. The zero-order valence-corrected chi connectivity index (χ0v) is 22.9. The van der Waals surface area contributed by atoms with E-state index in [1.54, 1.807) is 36.4 Å². The van der Waals surface area contributed by atoms with Crippen LogP contribution in [0.4, 0.5) is 11.4 Å². The van der Waals surface area contributed by atoms with Crippen LogP contribution in [-0.2, 0) is 0 Å². The minimum Gasteiger partial charge on any atom is -0.395 e. The SMILES string of the molecule is Cl.Cl.O=C1c2ccccc2C(=O)c2c(NCCN(CCO)CCO)ccc(NCCN(CCO)CCO)c21. The minimum atomic E-state index is -0.226. The van der Waals surface area contributed by atoms with Crippen molar-refractivity contribution < 1.29 is 30.0 Å². The second-order valence-electron chi connectivity index (χ2n) is 8.55. The van der Waals surface area contributed by atoms with Gasteiger partial charge in [0.15, 0.2) is 11.6 Å². The maximum Gasteiger partial charge on any atom is 0.196 e. The number of nitrogens with zero attached hydrogens (tertiary/aromatic N) is 2. The summed E-state index contributed by atoms with van der Waals surface area (Å²) >= 11 is 0. The van der Waals surface area contributed by atoms with Gasteiger partial charge in [0, 0.05) is 74.9 Å². The highest BCUT2D eigenvalue weighted by atomic mass is 35.5. The first-order chi connectivity index (χ1) is 17.5. The predicted octanol–water partition coefficient (Wildman–Crippen LogP) is 0.703. The van der Waals surface area contributed by atoms with Crippen LogP contribution >= 0.6 is 24.8 Å². The molecule has 0 aliphatic heterocycles. The van der Waals surface area contributed by atoms with Gasteiger partial charge in [-0.15, -0.1) is 24.8 Å². The molecule has 6 N–H and O–H groups in total. The van der Waals surface area contributed by atoms with E-state index in [1.165, 1.54) is 0 Å². The van der Waals surface area contributed by atoms with Gasteiger partial charge in [0.05, 0.1) is 37.6 Å². The summed E-state index contributed by atoms with van der Waals surface area (Å²) in [5.41, 5.74) is 2.49. The average Bonchev–Trinajstić information content (AvgIpc) is 2.88. The number of hydrogen-bond donors (Lipinski definition) is 6. The van der Waals surface area contributed by atoms with Crippen LogP contribution in [0.3, 0.4) is 0 Å². The van der Waals surface area contributed by atoms with Crippen molar-refractivity contribution in [1.82, 2.24) is 9.80 Å². The molecule has 38 heavy (non-hydrogen) atoms. The van der Waals surface area contributed by atoms with Gasteiger partial charge in [-0.1, -0.05) is 24.3 Å². The van der Waals surface area contributed by atoms with Crippen LogP contribution in [0.15, 0.2) is 36.4 Å². The smallest absolute Gasteiger partial charge is 0.196 e. The van der Waals surface area contributed by atoms with Crippen LogP contribution in [0, 0.1) is 0 Å². The van der Waals surface area contributed by atoms with E-state index in [4.69, 9.17) is 0 Å². The van der Waals surface area contributed by atoms with Crippen molar-refractivity contribution in [2.45, 2.75) is 0 Å². The lowest BCUT2D eigenvalue weighted by Crippen LogP contribution is -2.35. The molecule has 0 radical (unpaired) electrons. The highest BCUT2D eigenvalue weighted by Crippen LogP contribution is 2.36. The number of rotatable bonds is 16. The molecule has 12 heteroatoms. The molecule has 0 bridgehead atoms. The molecule has 0 aromatic heterocycles. The Labute approximate surface area is 235 Å². The first-order valence-corrected chi connectivity index (χ1v) is 12.3. The predicted molar refractivity (Wildman–Crippen MR) is 152 cm³/mol. The Hall–Kier alpha value is -2.28. The number of ketones is 2. The summed E-state index contributed by atoms with van der Waals surface area (Å²) in [4.78, 5) is 30.9. The topological polar surface area (TPSA) is 146 Å². The number of aliphatic hydroxyl groups is 4. The zero-order chi connectivity index (χ0) is 25.9. The van der Waals surface area contributed by atoms with Crippen LogP contribution in [0.5, 0.6) is 0 Å². The van der Waals surface area contributed by atoms with E-state index in [9.17, 15) is 30.0 Å². The first kappa shape index (κ1) is 33.7. The van der Waals surface area contributed by atoms with Gasteiger partial charge < -0.3 is 31.1 Å². The third-order valence-electron chi connectivity index (χ3n) is 6.23. The zero-order valence-electron chi connectivity index (χ0n) is 21.3. The summed E-state index contributed by atoms with van der Waals surface area (Å²) in [6, 6.07) is 10.4. The summed E-state index contributed by atoms with van der Waals surface area (Å²) in [6.45, 7) is 3.63. The van der Waals surface area contributed by atoms with Crippen molar-refractivity contribution in [2.75, 3.05) is 89.4 Å². The molecule has 0 spiro atoms. The Morgan fingerprint density at radius 2 is 0.895 bits per heavy atom. The fourth-order valence-electron chi connectivity index (χ4n) is 4.45. The van der Waals surface area contributed by atoms with Gasteiger partial charge in [-0.2, -0.15) is 0 Å². The summed E-state index contributed by atoms with van der Waals surface area (Å²) in [5.74, 6) is -0.452. The third-order valence-corrected chi connectivity index (χ3v) is 6.23. The maximum atomic E-state index is 13.5. The molecule has 1 aliphatic carbocycles. The van der Waals surface area contributed by atoms with Gasteiger partial charge in [0.1, 0.15) is 0 Å². The van der Waals surface area contributed by atoms with Crippen LogP contribution in [0.1, 0.15) is 31.8 Å². The number of halogens is 2. The summed E-state index contributed by atoms with van der Waals surface area (Å²) in [7, 11) is 0. The van der Waals surface area contributed by atoms with Crippen LogP contribution in [0.25, 0.3) is 0 Å². The Kier molecular flexibility index (Phi) is 15.4. The van der Waals surface area contributed by atoms with Gasteiger partial charge in [0.25, 0.3) is 0 Å². The molecule has 0 unspecified atom stereocenters. The standard InChI is InChI=1S/C26H36N4O6.2ClH/c31-15-11-29(12-16-32)9-7-27-21-5-6-22(28-8-10-30(13-17-33)14-18-34)24-23(21)25(35)19-3-1-2-4-20(19)26(24)36;;/h1-6,27-28,31-34H,7-18H2;2*1H. The number of benzene rings is 2. The van der Waals surface area contributed by atoms with E-state index in [2.05, 4.69) is 10.6 Å². The van der Waals surface area contributed by atoms with Crippen LogP contribution in [-0.4, -0.2) is 121 Å². The molecular weight excluding hydrogens is 535 g/mol. The molecule has 0 heterocycles. The number of aliphatic hydroxyl groups excluding tert-OH is 4. The molecule has 212 valence electrons. The molecule has 2 aromatic carbocycles. The molecule has 0 atom stereocenters. The van der Waals surface area contributed by atoms with E-state index in [-0.39, 0.29) is 62.8 Å². The Bertz CT molecular complexity index is 951. The lowest BCUT2D eigenvalue weighted by atomic mass is 9.82. The van der Waals surface area contributed by atoms with Gasteiger partial charge in [-0.3, -0.25) is 19.4 Å². The van der Waals surface area contributed by atoms with Crippen molar-refractivity contribution in [1.29, 1.82) is 0 Å². The van der Waals surface area contributed by atoms with E-state index in [0.717, 1.165) is 0 Å². The molecule has 0 fully saturated rings. The van der Waals surface area contributed by atoms with E-state index in [1.807, 2.05) is 9.80 Å². The number of anilines is 2. The van der Waals surface area contributed by atoms with Crippen molar-refractivity contribution in [2.24, 2.45) is 0 Å². The van der Waals surface area contributed by atoms with Gasteiger partial charge in [-0.05, 0) is 12.1 Å². The van der Waals surface area contributed by atoms with Crippen molar-refractivity contribution >= 4 is 47.8 Å². The Balaban J connectivity index is 0.00000361. The Morgan fingerprint density at radius 1 is 0.553 bits per heavy atom. The third kappa shape index (κ3) is 8.36. The molecule has 10 nitrogen and oxygen atoms in total. The number of carbonyl (C=O) groups excluding carboxylic acids is 2. The molecule has 2 aromatic rings. The number of hydrogen-bond acceptors (Lipinski definition) is 10. The van der Waals surface area contributed by atoms with Crippen LogP contribution in [0.2, 0.25) is 0 Å². The lowest BCUT2D eigenvalue weighted by Gasteiger charge is -2.26. The minimum absolute atomic E-state index is 0. The van der Waals surface area contributed by atoms with Crippen molar-refractivity contribution in [3.05, 3.63) is 58.7 Å². The van der Waals surface area contributed by atoms with Gasteiger partial charge in [-0.25, -0.2) is 0 Å². The number of fused-ring (bicyclic) bond motifs is 2. The van der Waals surface area contributed by atoms with Gasteiger partial charge in [0.2, 0.25) is 0 Å². The molecule has 0 saturated carbocycles. The van der Waals surface area contributed by atoms with Gasteiger partial charge >= 0.3 is 0 Å². The molecule has 1 aliphatic rings. The van der Waals surface area contributed by atoms with E-state index < -0.39 is 0 Å². The van der Waals surface area contributed by atoms with Crippen molar-refractivity contribution in [3.63, 3.8) is 0 Å². The highest BCUT2D eigenvalue weighted by Gasteiger charge is 2.33. The van der Waals surface area contributed by atoms with E-state index in [0.29, 0.717) is 86.0 Å². The fraction of sp³-hybridized carbons (Fsp3) is 0.462. The summed E-state index contributed by atoms with van der Waals surface area (Å²) < 4.78 is 0. The number of carbonyl (C=O) groups is 2. The monoisotopic (exact) mass is 572 g/mol. The second kappa shape index (κ2) is 17.3. The van der Waals surface area contributed by atoms with E-state index >= 15 is 0 Å². The normalized spacial score (nSPS) is 12.1. The largest absolute Gasteiger partial charge is 0.395 e. The molecular formula is C26H38Cl2N4O6. The first-order valence-electron chi connectivity index (χ1n) is 12.3. The lowest BCUT2D eigenvalue weighted by molar-refractivity contribution is 0.0980. The average molecular weight is 574 g/mol. The molecule has 0 amide bonds. The maximum absolute atomic E-state index is 13.5. The fourth-order valence-corrected chi connectivity index (χ4v) is 4.45. The quantitative estimate of drug-likeness (QED) is 0.145. The van der Waals surface area contributed by atoms with Crippen LogP contribution < -0.4 is 10.6 Å². The Morgan fingerprint density at radius 3 is 1.21 bits per heavy atom. The van der Waals surface area contributed by atoms with Crippen molar-refractivity contribution in [3.8, 4) is 0 Å². The highest BCUT2D eigenvalue weighted by molar-refractivity contribution is 6.31. The molecule has 3 rings (SSSR count). The summed E-state index contributed by atoms with van der Waals surface area (Å²) in [5, 5.41) is 43.5.